The Kier molecular flexibility index (Phi) is 5.35. The number of nitriles is 1. The Bertz CT molecular complexity index is 1280. The Morgan fingerprint density at radius 2 is 2.00 bits per heavy atom. The number of nitrogens with zero attached hydrogens (tertiary/aromatic N) is 8. The molecule has 0 aromatic carbocycles. The van der Waals surface area contributed by atoms with Crippen LogP contribution in [0.4, 0.5) is 10.6 Å². The van der Waals surface area contributed by atoms with Gasteiger partial charge in [0.2, 0.25) is 5.95 Å². The molecule has 0 bridgehead atoms. The first-order chi connectivity index (χ1) is 16.2. The summed E-state index contributed by atoms with van der Waals surface area (Å²) in [5, 5.41) is 10.3. The summed E-state index contributed by atoms with van der Waals surface area (Å²) >= 11 is 0. The number of carbonyl (C=O) groups excluding carboxylic acids is 1. The number of hydrogen-bond acceptors (Lipinski definition) is 8. The van der Waals surface area contributed by atoms with E-state index in [1.54, 1.807) is 23.5 Å². The quantitative estimate of drug-likeness (QED) is 0.584. The third-order valence-electron chi connectivity index (χ3n) is 6.13. The molecule has 3 aromatic heterocycles. The van der Waals surface area contributed by atoms with Gasteiger partial charge >= 0.3 is 6.09 Å². The van der Waals surface area contributed by atoms with Gasteiger partial charge in [0.15, 0.2) is 5.65 Å². The van der Waals surface area contributed by atoms with Crippen LogP contribution in [0.15, 0.2) is 24.8 Å². The van der Waals surface area contributed by atoms with E-state index in [9.17, 15) is 10.1 Å². The first-order valence-electron chi connectivity index (χ1n) is 11.6. The van der Waals surface area contributed by atoms with Crippen molar-refractivity contribution in [2.75, 3.05) is 24.5 Å². The lowest BCUT2D eigenvalue weighted by Crippen LogP contribution is -2.54. The van der Waals surface area contributed by atoms with E-state index in [1.807, 2.05) is 31.5 Å². The topological polar surface area (TPSA) is 113 Å². The molecule has 2 fully saturated rings. The maximum atomic E-state index is 12.6. The lowest BCUT2D eigenvalue weighted by Gasteiger charge is -2.41. The van der Waals surface area contributed by atoms with E-state index >= 15 is 0 Å². The van der Waals surface area contributed by atoms with Crippen LogP contribution in [0.3, 0.4) is 0 Å². The molecule has 1 saturated carbocycles. The molecule has 10 heteroatoms. The highest BCUT2D eigenvalue weighted by Gasteiger charge is 2.35. The average molecular weight is 461 g/mol. The van der Waals surface area contributed by atoms with E-state index in [4.69, 9.17) is 9.72 Å². The molecule has 1 unspecified atom stereocenters. The van der Waals surface area contributed by atoms with Crippen molar-refractivity contribution >= 4 is 22.9 Å². The fraction of sp³-hybridized carbons (Fsp3) is 0.500. The monoisotopic (exact) mass is 460 g/mol. The Labute approximate surface area is 198 Å². The number of aromatic nitrogens is 5. The van der Waals surface area contributed by atoms with E-state index in [2.05, 4.69) is 32.8 Å². The average Bonchev–Trinajstić information content (AvgIpc) is 3.57. The second-order valence-corrected chi connectivity index (χ2v) is 9.95. The van der Waals surface area contributed by atoms with Gasteiger partial charge in [0.1, 0.15) is 29.5 Å². The molecule has 2 aliphatic rings. The van der Waals surface area contributed by atoms with E-state index in [0.29, 0.717) is 37.2 Å². The molecule has 3 aromatic rings. The van der Waals surface area contributed by atoms with Gasteiger partial charge < -0.3 is 14.5 Å². The van der Waals surface area contributed by atoms with Gasteiger partial charge in [-0.15, -0.1) is 0 Å². The lowest BCUT2D eigenvalue weighted by molar-refractivity contribution is 0.0218. The van der Waals surface area contributed by atoms with Crippen LogP contribution in [0.25, 0.3) is 17.0 Å². The molecule has 4 heterocycles. The van der Waals surface area contributed by atoms with Crippen molar-refractivity contribution in [1.82, 2.24) is 29.4 Å². The van der Waals surface area contributed by atoms with Gasteiger partial charge in [0.25, 0.3) is 0 Å². The van der Waals surface area contributed by atoms with Crippen LogP contribution in [0.2, 0.25) is 0 Å². The summed E-state index contributed by atoms with van der Waals surface area (Å²) in [4.78, 5) is 34.7. The standard InChI is InChI=1S/C24H28N8O2/c1-15-12-30(23(33)34-24(2,3)4)9-10-31(15)20-19-18(16-5-6-16)13-32(21(19)28-14-27-20)22-26-8-7-17(11-25)29-22/h7-8,13-16H,5-6,9-10,12H2,1-4H3. The van der Waals surface area contributed by atoms with Crippen LogP contribution in [0.1, 0.15) is 57.7 Å². The Hall–Kier alpha value is -3.74. The van der Waals surface area contributed by atoms with E-state index in [-0.39, 0.29) is 12.1 Å². The van der Waals surface area contributed by atoms with Crippen LogP contribution in [-0.2, 0) is 4.74 Å². The summed E-state index contributed by atoms with van der Waals surface area (Å²) in [6.45, 7) is 9.47. The fourth-order valence-corrected chi connectivity index (χ4v) is 4.44. The predicted molar refractivity (Wildman–Crippen MR) is 126 cm³/mol. The molecule has 1 saturated heterocycles. The maximum absolute atomic E-state index is 12.6. The van der Waals surface area contributed by atoms with Crippen LogP contribution >= 0.6 is 0 Å². The summed E-state index contributed by atoms with van der Waals surface area (Å²) in [7, 11) is 0. The number of rotatable bonds is 3. The summed E-state index contributed by atoms with van der Waals surface area (Å²) in [5.41, 5.74) is 1.69. The smallest absolute Gasteiger partial charge is 0.410 e. The molecule has 0 N–H and O–H groups in total. The van der Waals surface area contributed by atoms with Gasteiger partial charge in [0.05, 0.1) is 5.39 Å². The van der Waals surface area contributed by atoms with Crippen LogP contribution in [0.5, 0.6) is 0 Å². The number of hydrogen-bond donors (Lipinski definition) is 0. The molecule has 1 amide bonds. The second kappa shape index (κ2) is 8.24. The minimum atomic E-state index is -0.525. The number of fused-ring (bicyclic) bond motifs is 1. The number of carbonyl (C=O) groups is 1. The van der Waals surface area contributed by atoms with Crippen molar-refractivity contribution < 1.29 is 9.53 Å². The molecule has 176 valence electrons. The lowest BCUT2D eigenvalue weighted by atomic mass is 10.1. The molecule has 0 radical (unpaired) electrons. The van der Waals surface area contributed by atoms with E-state index < -0.39 is 5.60 Å². The number of anilines is 1. The zero-order chi connectivity index (χ0) is 24.0. The van der Waals surface area contributed by atoms with Crippen molar-refractivity contribution in [3.8, 4) is 12.0 Å². The number of amides is 1. The Morgan fingerprint density at radius 3 is 2.68 bits per heavy atom. The van der Waals surface area contributed by atoms with Gasteiger partial charge in [-0.25, -0.2) is 24.7 Å². The highest BCUT2D eigenvalue weighted by molar-refractivity contribution is 5.93. The predicted octanol–water partition coefficient (Wildman–Crippen LogP) is 3.41. The van der Waals surface area contributed by atoms with E-state index in [1.165, 1.54) is 5.56 Å². The number of piperazine rings is 1. The Balaban J connectivity index is 1.51. The van der Waals surface area contributed by atoms with Crippen molar-refractivity contribution in [2.45, 2.75) is 58.1 Å². The Morgan fingerprint density at radius 1 is 1.21 bits per heavy atom. The minimum absolute atomic E-state index is 0.0490. The van der Waals surface area contributed by atoms with Gasteiger partial charge in [0, 0.05) is 38.1 Å². The highest BCUT2D eigenvalue weighted by Crippen LogP contribution is 2.46. The second-order valence-electron chi connectivity index (χ2n) is 9.95. The van der Waals surface area contributed by atoms with Crippen molar-refractivity contribution in [1.29, 1.82) is 5.26 Å². The van der Waals surface area contributed by atoms with Gasteiger partial charge in [-0.1, -0.05) is 0 Å². The van der Waals surface area contributed by atoms with Crippen molar-refractivity contribution in [3.63, 3.8) is 0 Å². The van der Waals surface area contributed by atoms with Gasteiger partial charge in [-0.2, -0.15) is 5.26 Å². The molecular formula is C24H28N8O2. The van der Waals surface area contributed by atoms with Crippen LogP contribution in [-0.4, -0.2) is 66.8 Å². The molecule has 1 aliphatic heterocycles. The summed E-state index contributed by atoms with van der Waals surface area (Å²) in [5.74, 6) is 1.73. The molecular weight excluding hydrogens is 432 g/mol. The largest absolute Gasteiger partial charge is 0.444 e. The van der Waals surface area contributed by atoms with E-state index in [0.717, 1.165) is 29.7 Å². The van der Waals surface area contributed by atoms with Crippen LogP contribution in [0, 0.1) is 11.3 Å². The zero-order valence-corrected chi connectivity index (χ0v) is 19.9. The number of ether oxygens (including phenoxy) is 1. The molecule has 5 rings (SSSR count). The third-order valence-corrected chi connectivity index (χ3v) is 6.13. The van der Waals surface area contributed by atoms with Crippen molar-refractivity contribution in [2.24, 2.45) is 0 Å². The highest BCUT2D eigenvalue weighted by atomic mass is 16.6. The summed E-state index contributed by atoms with van der Waals surface area (Å²) < 4.78 is 7.43. The first-order valence-corrected chi connectivity index (χ1v) is 11.6. The minimum Gasteiger partial charge on any atom is -0.444 e. The fourth-order valence-electron chi connectivity index (χ4n) is 4.44. The van der Waals surface area contributed by atoms with Gasteiger partial charge in [-0.05, 0) is 58.1 Å². The SMILES string of the molecule is CC1CN(C(=O)OC(C)(C)C)CCN1c1ncnc2c1c(C1CC1)cn2-c1nccc(C#N)n1. The maximum Gasteiger partial charge on any atom is 0.410 e. The van der Waals surface area contributed by atoms with Gasteiger partial charge in [-0.3, -0.25) is 4.57 Å². The molecule has 10 nitrogen and oxygen atoms in total. The van der Waals surface area contributed by atoms with Crippen molar-refractivity contribution in [3.05, 3.63) is 36.0 Å². The zero-order valence-electron chi connectivity index (χ0n) is 19.9. The molecule has 0 spiro atoms. The first kappa shape index (κ1) is 22.1. The molecule has 1 aliphatic carbocycles. The molecule has 34 heavy (non-hydrogen) atoms. The summed E-state index contributed by atoms with van der Waals surface area (Å²) in [6.07, 6.45) is 7.14. The van der Waals surface area contributed by atoms with Crippen LogP contribution < -0.4 is 4.90 Å². The normalized spacial score (nSPS) is 18.7. The summed E-state index contributed by atoms with van der Waals surface area (Å²) in [6, 6.07) is 3.71. The molecule has 1 atom stereocenters. The third kappa shape index (κ3) is 4.14.